The van der Waals surface area contributed by atoms with Gasteiger partial charge in [0.25, 0.3) is 10.0 Å². The van der Waals surface area contributed by atoms with E-state index in [9.17, 15) is 35.9 Å². The van der Waals surface area contributed by atoms with Crippen molar-refractivity contribution in [1.82, 2.24) is 0 Å². The van der Waals surface area contributed by atoms with Gasteiger partial charge in [0.1, 0.15) is 0 Å². The lowest BCUT2D eigenvalue weighted by Gasteiger charge is -2.15. The lowest BCUT2D eigenvalue weighted by atomic mass is 10.2. The first-order chi connectivity index (χ1) is 11.7. The van der Waals surface area contributed by atoms with Crippen molar-refractivity contribution in [3.63, 3.8) is 0 Å². The Bertz CT molecular complexity index is 1010. The van der Waals surface area contributed by atoms with Gasteiger partial charge in [-0.1, -0.05) is 23.2 Å². The summed E-state index contributed by atoms with van der Waals surface area (Å²) in [6.07, 6.45) is -4.89. The van der Waals surface area contributed by atoms with Crippen LogP contribution in [0.2, 0.25) is 10.0 Å². The summed E-state index contributed by atoms with van der Waals surface area (Å²) in [5.41, 5.74) is -1.93. The lowest BCUT2D eigenvalue weighted by molar-refractivity contribution is -0.137. The topological polar surface area (TPSA) is 104 Å². The summed E-state index contributed by atoms with van der Waals surface area (Å²) >= 11 is 11.1. The van der Waals surface area contributed by atoms with Gasteiger partial charge in [-0.2, -0.15) is 13.2 Å². The van der Waals surface area contributed by atoms with Gasteiger partial charge in [-0.15, -0.1) is 0 Å². The van der Waals surface area contributed by atoms with E-state index in [2.05, 4.69) is 0 Å². The molecule has 2 aromatic carbocycles. The minimum Gasteiger partial charge on any atom is -0.321 e. The van der Waals surface area contributed by atoms with Crippen molar-refractivity contribution >= 4 is 51.8 Å². The lowest BCUT2D eigenvalue weighted by Crippen LogP contribution is -2.20. The number of hydrogen-bond donors (Lipinski definition) is 3. The number of nitrogens with one attached hydrogen (secondary N) is 1. The second-order valence-electron chi connectivity index (χ2n) is 4.95. The molecular weight excluding hydrogens is 441 g/mol. The molecule has 0 amide bonds. The van der Waals surface area contributed by atoms with E-state index >= 15 is 0 Å². The van der Waals surface area contributed by atoms with Gasteiger partial charge >= 0.3 is 13.8 Å². The van der Waals surface area contributed by atoms with Crippen LogP contribution in [0.5, 0.6) is 0 Å². The standard InChI is InChI=1S/C13H9Cl2F3NO5PS/c14-7-1-4-12(25(20,21)22)11(5-7)19-26(23,24)8-2-3-10(15)9(6-8)13(16,17)18/h1-6,19H,(H2,20,21,22). The normalized spacial score (nSPS) is 12.9. The van der Waals surface area contributed by atoms with Crippen molar-refractivity contribution in [3.05, 3.63) is 52.0 Å². The van der Waals surface area contributed by atoms with Crippen LogP contribution in [0.1, 0.15) is 5.56 Å². The summed E-state index contributed by atoms with van der Waals surface area (Å²) in [4.78, 5) is 17.8. The van der Waals surface area contributed by atoms with Crippen LogP contribution in [-0.2, 0) is 20.8 Å². The van der Waals surface area contributed by atoms with Gasteiger partial charge in [0.2, 0.25) is 0 Å². The zero-order valence-electron chi connectivity index (χ0n) is 12.3. The highest BCUT2D eigenvalue weighted by Gasteiger charge is 2.35. The zero-order valence-corrected chi connectivity index (χ0v) is 15.6. The SMILES string of the molecule is O=P(O)(O)c1ccc(Cl)cc1NS(=O)(=O)c1ccc(Cl)c(C(F)(F)F)c1. The molecule has 0 spiro atoms. The average Bonchev–Trinajstić information content (AvgIpc) is 2.44. The molecule has 0 aromatic heterocycles. The van der Waals surface area contributed by atoms with Crippen molar-refractivity contribution in [1.29, 1.82) is 0 Å². The highest BCUT2D eigenvalue weighted by atomic mass is 35.5. The summed E-state index contributed by atoms with van der Waals surface area (Å²) < 4.78 is 76.7. The Labute approximate surface area is 155 Å². The molecule has 0 bridgehead atoms. The molecule has 142 valence electrons. The molecule has 0 atom stereocenters. The van der Waals surface area contributed by atoms with Crippen molar-refractivity contribution < 1.29 is 35.9 Å². The first kappa shape index (κ1) is 21.0. The predicted molar refractivity (Wildman–Crippen MR) is 90.4 cm³/mol. The summed E-state index contributed by atoms with van der Waals surface area (Å²) in [6, 6.07) is 4.84. The Morgan fingerprint density at radius 3 is 2.19 bits per heavy atom. The number of hydrogen-bond acceptors (Lipinski definition) is 3. The molecule has 0 fully saturated rings. The van der Waals surface area contributed by atoms with E-state index in [4.69, 9.17) is 23.2 Å². The van der Waals surface area contributed by atoms with Gasteiger partial charge in [0, 0.05) is 5.02 Å². The predicted octanol–water partition coefficient (Wildman–Crippen LogP) is 3.62. The number of alkyl halides is 3. The molecule has 0 aliphatic rings. The highest BCUT2D eigenvalue weighted by molar-refractivity contribution is 7.92. The Kier molecular flexibility index (Phi) is 5.68. The summed E-state index contributed by atoms with van der Waals surface area (Å²) in [7, 11) is -9.51. The third-order valence-corrected chi connectivity index (χ3v) is 6.02. The Morgan fingerprint density at radius 2 is 1.65 bits per heavy atom. The van der Waals surface area contributed by atoms with Gasteiger partial charge in [0.15, 0.2) is 0 Å². The number of rotatable bonds is 4. The van der Waals surface area contributed by atoms with Crippen molar-refractivity contribution in [2.45, 2.75) is 11.1 Å². The Balaban J connectivity index is 2.55. The Hall–Kier alpha value is -1.29. The molecule has 0 unspecified atom stereocenters. The maximum Gasteiger partial charge on any atom is 0.417 e. The molecule has 26 heavy (non-hydrogen) atoms. The number of halogens is 5. The smallest absolute Gasteiger partial charge is 0.321 e. The van der Waals surface area contributed by atoms with Crippen LogP contribution < -0.4 is 10.0 Å². The molecule has 0 heterocycles. The van der Waals surface area contributed by atoms with Crippen LogP contribution in [0.25, 0.3) is 0 Å². The van der Waals surface area contributed by atoms with Crippen LogP contribution in [0.4, 0.5) is 18.9 Å². The van der Waals surface area contributed by atoms with E-state index in [1.54, 1.807) is 0 Å². The molecule has 6 nitrogen and oxygen atoms in total. The zero-order chi connectivity index (χ0) is 19.9. The van der Waals surface area contributed by atoms with Crippen LogP contribution in [-0.4, -0.2) is 18.2 Å². The van der Waals surface area contributed by atoms with Gasteiger partial charge in [-0.05, 0) is 36.4 Å². The summed E-state index contributed by atoms with van der Waals surface area (Å²) in [5.74, 6) is 0. The second-order valence-corrected chi connectivity index (χ2v) is 9.05. The van der Waals surface area contributed by atoms with Crippen molar-refractivity contribution in [2.24, 2.45) is 0 Å². The van der Waals surface area contributed by atoms with Crippen molar-refractivity contribution in [3.8, 4) is 0 Å². The van der Waals surface area contributed by atoms with Gasteiger partial charge in [0.05, 0.1) is 26.5 Å². The second kappa shape index (κ2) is 7.03. The van der Waals surface area contributed by atoms with E-state index in [-0.39, 0.29) is 5.02 Å². The van der Waals surface area contributed by atoms with Crippen molar-refractivity contribution in [2.75, 3.05) is 4.72 Å². The molecule has 0 aliphatic carbocycles. The van der Waals surface area contributed by atoms with E-state index in [1.807, 2.05) is 4.72 Å². The molecule has 3 N–H and O–H groups in total. The van der Waals surface area contributed by atoms with Gasteiger partial charge < -0.3 is 9.79 Å². The summed E-state index contributed by atoms with van der Waals surface area (Å²) in [6.45, 7) is 0. The first-order valence-corrected chi connectivity index (χ1v) is 10.3. The van der Waals surface area contributed by atoms with Gasteiger partial charge in [-0.25, -0.2) is 8.42 Å². The highest BCUT2D eigenvalue weighted by Crippen LogP contribution is 2.39. The fraction of sp³-hybridized carbons (Fsp3) is 0.0769. The molecule has 0 aliphatic heterocycles. The maximum absolute atomic E-state index is 12.9. The first-order valence-electron chi connectivity index (χ1n) is 6.47. The molecule has 0 saturated heterocycles. The van der Waals surface area contributed by atoms with Crippen LogP contribution >= 0.6 is 30.8 Å². The molecule has 2 rings (SSSR count). The number of anilines is 1. The van der Waals surface area contributed by atoms with E-state index < -0.39 is 50.3 Å². The molecule has 13 heteroatoms. The molecule has 0 saturated carbocycles. The third kappa shape index (κ3) is 4.70. The largest absolute Gasteiger partial charge is 0.417 e. The fourth-order valence-corrected chi connectivity index (χ4v) is 4.21. The summed E-state index contributed by atoms with van der Waals surface area (Å²) in [5, 5.41) is -1.43. The number of sulfonamides is 1. The maximum atomic E-state index is 12.9. The average molecular weight is 450 g/mol. The minimum atomic E-state index is -4.89. The molecule has 2 aromatic rings. The third-order valence-electron chi connectivity index (χ3n) is 3.07. The van der Waals surface area contributed by atoms with E-state index in [0.29, 0.717) is 6.07 Å². The van der Waals surface area contributed by atoms with E-state index in [1.165, 1.54) is 0 Å². The Morgan fingerprint density at radius 1 is 1.04 bits per heavy atom. The minimum absolute atomic E-state index is 0.0491. The molecular formula is C13H9Cl2F3NO5PS. The fourth-order valence-electron chi connectivity index (χ4n) is 1.94. The number of benzene rings is 2. The van der Waals surface area contributed by atoms with E-state index in [0.717, 1.165) is 30.3 Å². The van der Waals surface area contributed by atoms with Gasteiger partial charge in [-0.3, -0.25) is 9.29 Å². The van der Waals surface area contributed by atoms with Crippen LogP contribution in [0.15, 0.2) is 41.3 Å². The van der Waals surface area contributed by atoms with Crippen LogP contribution in [0.3, 0.4) is 0 Å². The monoisotopic (exact) mass is 449 g/mol. The quantitative estimate of drug-likeness (QED) is 0.618. The molecule has 0 radical (unpaired) electrons. The van der Waals surface area contributed by atoms with Crippen LogP contribution in [0, 0.1) is 0 Å².